The predicted molar refractivity (Wildman–Crippen MR) is 57.3 cm³/mol. The maximum Gasteiger partial charge on any atom is 0.0897 e. The van der Waals surface area contributed by atoms with Crippen molar-refractivity contribution in [3.05, 3.63) is 0 Å². The molecule has 0 bridgehead atoms. The summed E-state index contributed by atoms with van der Waals surface area (Å²) < 4.78 is 0. The van der Waals surface area contributed by atoms with E-state index in [1.165, 1.54) is 6.42 Å². The fourth-order valence-electron chi connectivity index (χ4n) is 2.71. The molecular formula is C11H22N2O. The number of piperidine rings is 1. The van der Waals surface area contributed by atoms with E-state index in [-0.39, 0.29) is 5.60 Å². The Bertz CT molecular complexity index is 201. The van der Waals surface area contributed by atoms with E-state index >= 15 is 0 Å². The Morgan fingerprint density at radius 2 is 2.21 bits per heavy atom. The number of rotatable bonds is 2. The van der Waals surface area contributed by atoms with Crippen molar-refractivity contribution in [1.82, 2.24) is 10.2 Å². The molecule has 0 aromatic rings. The molecule has 2 heterocycles. The highest BCUT2D eigenvalue weighted by Crippen LogP contribution is 2.30. The van der Waals surface area contributed by atoms with Crippen LogP contribution < -0.4 is 5.32 Å². The van der Waals surface area contributed by atoms with Gasteiger partial charge in [-0.2, -0.15) is 0 Å². The first kappa shape index (κ1) is 10.4. The lowest BCUT2D eigenvalue weighted by Gasteiger charge is -2.52. The highest BCUT2D eigenvalue weighted by molar-refractivity contribution is 4.99. The minimum atomic E-state index is -0.370. The fraction of sp³-hybridized carbons (Fsp3) is 1.00. The van der Waals surface area contributed by atoms with Crippen molar-refractivity contribution in [2.45, 2.75) is 38.3 Å². The van der Waals surface area contributed by atoms with Gasteiger partial charge in [0, 0.05) is 19.1 Å². The van der Waals surface area contributed by atoms with Crippen molar-refractivity contribution >= 4 is 0 Å². The molecule has 0 aliphatic carbocycles. The second-order valence-electron chi connectivity index (χ2n) is 5.02. The van der Waals surface area contributed by atoms with E-state index in [1.54, 1.807) is 0 Å². The van der Waals surface area contributed by atoms with E-state index in [9.17, 15) is 5.11 Å². The molecule has 2 fully saturated rings. The van der Waals surface area contributed by atoms with Crippen LogP contribution in [0.5, 0.6) is 0 Å². The van der Waals surface area contributed by atoms with Crippen LogP contribution in [0.1, 0.15) is 26.7 Å². The molecule has 0 aromatic heterocycles. The van der Waals surface area contributed by atoms with Crippen LogP contribution in [-0.4, -0.2) is 47.8 Å². The molecule has 2 N–H and O–H groups in total. The van der Waals surface area contributed by atoms with Gasteiger partial charge in [-0.05, 0) is 31.8 Å². The second kappa shape index (κ2) is 3.80. The third kappa shape index (κ3) is 1.81. The largest absolute Gasteiger partial charge is 0.387 e. The number of nitrogens with one attached hydrogen (secondary N) is 1. The van der Waals surface area contributed by atoms with Gasteiger partial charge in [-0.1, -0.05) is 13.8 Å². The van der Waals surface area contributed by atoms with Gasteiger partial charge < -0.3 is 10.4 Å². The lowest BCUT2D eigenvalue weighted by Crippen LogP contribution is -2.66. The Balaban J connectivity index is 1.86. The molecule has 0 amide bonds. The minimum Gasteiger partial charge on any atom is -0.387 e. The summed E-state index contributed by atoms with van der Waals surface area (Å²) in [6.45, 7) is 8.42. The third-order valence-corrected chi connectivity index (χ3v) is 3.86. The van der Waals surface area contributed by atoms with Gasteiger partial charge in [-0.15, -0.1) is 0 Å². The van der Waals surface area contributed by atoms with Gasteiger partial charge in [-0.25, -0.2) is 0 Å². The van der Waals surface area contributed by atoms with Crippen LogP contribution in [0.15, 0.2) is 0 Å². The summed E-state index contributed by atoms with van der Waals surface area (Å²) in [6, 6.07) is 0.697. The molecule has 0 saturated carbocycles. The van der Waals surface area contributed by atoms with Crippen LogP contribution in [0.2, 0.25) is 0 Å². The maximum atomic E-state index is 9.95. The van der Waals surface area contributed by atoms with E-state index in [4.69, 9.17) is 0 Å². The Kier molecular flexibility index (Phi) is 2.82. The summed E-state index contributed by atoms with van der Waals surface area (Å²) >= 11 is 0. The van der Waals surface area contributed by atoms with Crippen LogP contribution in [0, 0.1) is 5.92 Å². The van der Waals surface area contributed by atoms with Crippen molar-refractivity contribution in [3.63, 3.8) is 0 Å². The minimum absolute atomic E-state index is 0.370. The molecule has 2 atom stereocenters. The zero-order chi connectivity index (χ0) is 10.2. The highest BCUT2D eigenvalue weighted by atomic mass is 16.3. The second-order valence-corrected chi connectivity index (χ2v) is 5.02. The van der Waals surface area contributed by atoms with E-state index in [0.717, 1.165) is 38.5 Å². The Hall–Kier alpha value is -0.120. The fourth-order valence-corrected chi connectivity index (χ4v) is 2.71. The number of hydrogen-bond donors (Lipinski definition) is 2. The van der Waals surface area contributed by atoms with Gasteiger partial charge in [-0.3, -0.25) is 4.90 Å². The predicted octanol–water partition coefficient (Wildman–Crippen LogP) is 0.441. The Morgan fingerprint density at radius 3 is 2.79 bits per heavy atom. The molecular weight excluding hydrogens is 176 g/mol. The normalized spacial score (nSPS) is 37.9. The van der Waals surface area contributed by atoms with Gasteiger partial charge in [0.2, 0.25) is 0 Å². The Labute approximate surface area is 86.5 Å². The van der Waals surface area contributed by atoms with Crippen LogP contribution in [0.4, 0.5) is 0 Å². The molecule has 14 heavy (non-hydrogen) atoms. The van der Waals surface area contributed by atoms with Gasteiger partial charge in [0.15, 0.2) is 0 Å². The molecule has 0 aromatic carbocycles. The van der Waals surface area contributed by atoms with E-state index in [0.29, 0.717) is 6.04 Å². The quantitative estimate of drug-likeness (QED) is 0.676. The molecule has 3 nitrogen and oxygen atoms in total. The number of likely N-dealkylation sites (tertiary alicyclic amines) is 1. The zero-order valence-electron chi connectivity index (χ0n) is 9.29. The molecule has 2 rings (SSSR count). The number of aliphatic hydroxyl groups is 1. The molecule has 2 unspecified atom stereocenters. The van der Waals surface area contributed by atoms with Gasteiger partial charge >= 0.3 is 0 Å². The van der Waals surface area contributed by atoms with Gasteiger partial charge in [0.05, 0.1) is 5.60 Å². The first-order chi connectivity index (χ1) is 6.64. The molecule has 2 saturated heterocycles. The number of β-amino-alcohol motifs (C(OH)–C–C–N with tert-alkyl or cyclic N) is 1. The van der Waals surface area contributed by atoms with Crippen molar-refractivity contribution in [1.29, 1.82) is 0 Å². The lowest BCUT2D eigenvalue weighted by molar-refractivity contribution is -0.127. The van der Waals surface area contributed by atoms with Crippen molar-refractivity contribution in [3.8, 4) is 0 Å². The van der Waals surface area contributed by atoms with Crippen LogP contribution >= 0.6 is 0 Å². The maximum absolute atomic E-state index is 9.95. The lowest BCUT2D eigenvalue weighted by atomic mass is 9.84. The van der Waals surface area contributed by atoms with Crippen LogP contribution in [0.3, 0.4) is 0 Å². The topological polar surface area (TPSA) is 35.5 Å². The Morgan fingerprint density at radius 1 is 1.50 bits per heavy atom. The molecule has 3 heteroatoms. The molecule has 2 aliphatic rings. The average molecular weight is 198 g/mol. The zero-order valence-corrected chi connectivity index (χ0v) is 9.29. The molecule has 82 valence electrons. The average Bonchev–Trinajstić information content (AvgIpc) is 2.14. The van der Waals surface area contributed by atoms with Gasteiger partial charge in [0.1, 0.15) is 0 Å². The summed E-state index contributed by atoms with van der Waals surface area (Å²) in [5.41, 5.74) is -0.370. The van der Waals surface area contributed by atoms with Crippen LogP contribution in [-0.2, 0) is 0 Å². The third-order valence-electron chi connectivity index (χ3n) is 3.86. The molecule has 0 spiro atoms. The molecule has 2 aliphatic heterocycles. The smallest absolute Gasteiger partial charge is 0.0897 e. The number of hydrogen-bond acceptors (Lipinski definition) is 3. The number of nitrogens with zero attached hydrogens (tertiary/aromatic N) is 1. The van der Waals surface area contributed by atoms with E-state index in [1.807, 2.05) is 0 Å². The summed E-state index contributed by atoms with van der Waals surface area (Å²) in [6.07, 6.45) is 2.13. The summed E-state index contributed by atoms with van der Waals surface area (Å²) in [5, 5.41) is 13.4. The van der Waals surface area contributed by atoms with E-state index < -0.39 is 0 Å². The van der Waals surface area contributed by atoms with Crippen molar-refractivity contribution < 1.29 is 5.11 Å². The first-order valence-corrected chi connectivity index (χ1v) is 5.82. The van der Waals surface area contributed by atoms with E-state index in [2.05, 4.69) is 24.1 Å². The van der Waals surface area contributed by atoms with Crippen molar-refractivity contribution in [2.75, 3.05) is 26.2 Å². The SMILES string of the molecule is CCC1(O)CN(C2CCNCC2C)C1. The summed E-state index contributed by atoms with van der Waals surface area (Å²) in [5.74, 6) is 0.727. The molecule has 0 radical (unpaired) electrons. The van der Waals surface area contributed by atoms with Gasteiger partial charge in [0.25, 0.3) is 0 Å². The highest BCUT2D eigenvalue weighted by Gasteiger charge is 2.44. The standard InChI is InChI=1S/C11H22N2O/c1-3-11(14)7-13(8-11)10-4-5-12-6-9(10)2/h9-10,12,14H,3-8H2,1-2H3. The summed E-state index contributed by atoms with van der Waals surface area (Å²) in [4.78, 5) is 2.45. The van der Waals surface area contributed by atoms with Crippen LogP contribution in [0.25, 0.3) is 0 Å². The first-order valence-electron chi connectivity index (χ1n) is 5.82. The summed E-state index contributed by atoms with van der Waals surface area (Å²) in [7, 11) is 0. The van der Waals surface area contributed by atoms with Crippen molar-refractivity contribution in [2.24, 2.45) is 5.92 Å². The monoisotopic (exact) mass is 198 g/mol.